The molecule has 1 aliphatic rings. The second-order valence-corrected chi connectivity index (χ2v) is 11.8. The smallest absolute Gasteiger partial charge is 0.116 e. The van der Waals surface area contributed by atoms with Gasteiger partial charge in [-0.15, -0.1) is 11.8 Å². The van der Waals surface area contributed by atoms with E-state index in [0.29, 0.717) is 0 Å². The third kappa shape index (κ3) is 4.76. The Morgan fingerprint density at radius 3 is 2.67 bits per heavy atom. The van der Waals surface area contributed by atoms with Gasteiger partial charge in [0.1, 0.15) is 7.85 Å². The van der Waals surface area contributed by atoms with Crippen molar-refractivity contribution < 1.29 is 9.84 Å². The van der Waals surface area contributed by atoms with Crippen LogP contribution >= 0.6 is 11.8 Å². The first-order chi connectivity index (χ1) is 6.92. The molecule has 15 heavy (non-hydrogen) atoms. The van der Waals surface area contributed by atoms with Crippen LogP contribution in [0.2, 0.25) is 25.7 Å². The van der Waals surface area contributed by atoms with Gasteiger partial charge in [-0.1, -0.05) is 19.6 Å². The van der Waals surface area contributed by atoms with Gasteiger partial charge in [0.15, 0.2) is 0 Å². The fourth-order valence-corrected chi connectivity index (χ4v) is 4.84. The summed E-state index contributed by atoms with van der Waals surface area (Å²) in [5, 5.41) is 8.93. The van der Waals surface area contributed by atoms with Crippen LogP contribution in [0, 0.1) is 0 Å². The number of hydrogen-bond acceptors (Lipinski definition) is 3. The van der Waals surface area contributed by atoms with Crippen LogP contribution in [0.1, 0.15) is 0 Å². The van der Waals surface area contributed by atoms with E-state index in [2.05, 4.69) is 19.6 Å². The number of hydrogen-bond donors (Lipinski definition) is 1. The summed E-state index contributed by atoms with van der Waals surface area (Å²) in [7, 11) is 4.83. The summed E-state index contributed by atoms with van der Waals surface area (Å²) in [5.41, 5.74) is 0. The standard InChI is InChI=1S/C10H19BO2SSi/c1-15(2,3)5-4-14-9-6-8(7-12)13-10(9)11/h6,8,10,12H,4-5,7H2,1-3H3/t8-,10+/m0/s1. The highest BCUT2D eigenvalue weighted by molar-refractivity contribution is 8.03. The van der Waals surface area contributed by atoms with Gasteiger partial charge >= 0.3 is 0 Å². The van der Waals surface area contributed by atoms with E-state index in [1.165, 1.54) is 6.04 Å². The summed E-state index contributed by atoms with van der Waals surface area (Å²) in [6.07, 6.45) is 1.74. The van der Waals surface area contributed by atoms with Crippen LogP contribution in [0.3, 0.4) is 0 Å². The molecule has 84 valence electrons. The Morgan fingerprint density at radius 1 is 1.53 bits per heavy atom. The maximum Gasteiger partial charge on any atom is 0.116 e. The Hall–Kier alpha value is 0.292. The summed E-state index contributed by atoms with van der Waals surface area (Å²) in [4.78, 5) is 1.08. The molecule has 0 unspecified atom stereocenters. The van der Waals surface area contributed by atoms with Crippen molar-refractivity contribution in [2.45, 2.75) is 37.8 Å². The molecule has 0 aliphatic carbocycles. The largest absolute Gasteiger partial charge is 0.393 e. The Bertz CT molecular complexity index is 240. The van der Waals surface area contributed by atoms with Crippen LogP contribution in [0.15, 0.2) is 11.0 Å². The molecular formula is C10H19BO2SSi. The fraction of sp³-hybridized carbons (Fsp3) is 0.800. The van der Waals surface area contributed by atoms with E-state index in [0.717, 1.165) is 10.7 Å². The molecule has 0 aromatic rings. The minimum absolute atomic E-state index is 0.0196. The van der Waals surface area contributed by atoms with E-state index in [-0.39, 0.29) is 18.7 Å². The van der Waals surface area contributed by atoms with Crippen molar-refractivity contribution in [1.29, 1.82) is 0 Å². The molecule has 5 heteroatoms. The summed E-state index contributed by atoms with van der Waals surface area (Å²) in [5.74, 6) is 1.11. The quantitative estimate of drug-likeness (QED) is 0.746. The first-order valence-corrected chi connectivity index (χ1v) is 9.98. The van der Waals surface area contributed by atoms with Crippen LogP contribution < -0.4 is 0 Å². The third-order valence-corrected chi connectivity index (χ3v) is 5.48. The molecule has 1 aliphatic heterocycles. The van der Waals surface area contributed by atoms with Crippen LogP contribution in [0.4, 0.5) is 0 Å². The number of thioether (sulfide) groups is 1. The minimum Gasteiger partial charge on any atom is -0.393 e. The molecule has 0 saturated heterocycles. The lowest BCUT2D eigenvalue weighted by molar-refractivity contribution is 0.0574. The molecule has 1 N–H and O–H groups in total. The summed E-state index contributed by atoms with van der Waals surface area (Å²) >= 11 is 1.77. The summed E-state index contributed by atoms with van der Waals surface area (Å²) in [6.45, 7) is 7.11. The highest BCUT2D eigenvalue weighted by atomic mass is 32.2. The molecule has 0 aromatic heterocycles. The number of ether oxygens (including phenoxy) is 1. The number of aliphatic hydroxyl groups excluding tert-OH is 1. The predicted octanol–water partition coefficient (Wildman–Crippen LogP) is 1.83. The fourth-order valence-electron chi connectivity index (χ4n) is 1.27. The monoisotopic (exact) mass is 242 g/mol. The normalized spacial score (nSPS) is 26.8. The van der Waals surface area contributed by atoms with Gasteiger partial charge in [0.05, 0.1) is 12.7 Å². The summed E-state index contributed by atoms with van der Waals surface area (Å²) < 4.78 is 5.33. The van der Waals surface area contributed by atoms with Gasteiger partial charge in [-0.2, -0.15) is 0 Å². The highest BCUT2D eigenvalue weighted by Gasteiger charge is 2.23. The average Bonchev–Trinajstić information content (AvgIpc) is 2.45. The zero-order chi connectivity index (χ0) is 11.5. The Balaban J connectivity index is 2.32. The molecular weight excluding hydrogens is 223 g/mol. The second kappa shape index (κ2) is 5.57. The van der Waals surface area contributed by atoms with E-state index in [1.54, 1.807) is 11.8 Å². The van der Waals surface area contributed by atoms with E-state index in [9.17, 15) is 0 Å². The molecule has 2 atom stereocenters. The van der Waals surface area contributed by atoms with E-state index >= 15 is 0 Å². The van der Waals surface area contributed by atoms with Crippen molar-refractivity contribution >= 4 is 27.7 Å². The number of rotatable bonds is 5. The topological polar surface area (TPSA) is 29.5 Å². The maximum atomic E-state index is 8.93. The first kappa shape index (κ1) is 13.4. The third-order valence-electron chi connectivity index (χ3n) is 2.25. The van der Waals surface area contributed by atoms with Crippen molar-refractivity contribution in [2.24, 2.45) is 0 Å². The lowest BCUT2D eigenvalue weighted by atomic mass is 10.0. The lowest BCUT2D eigenvalue weighted by Gasteiger charge is -2.16. The van der Waals surface area contributed by atoms with E-state index < -0.39 is 8.07 Å². The molecule has 0 aromatic carbocycles. The summed E-state index contributed by atoms with van der Waals surface area (Å²) in [6, 6.07) is 0.958. The van der Waals surface area contributed by atoms with Crippen molar-refractivity contribution in [3.8, 4) is 0 Å². The molecule has 2 radical (unpaired) electrons. The maximum absolute atomic E-state index is 8.93. The zero-order valence-electron chi connectivity index (χ0n) is 9.69. The molecule has 0 saturated carbocycles. The Kier molecular flexibility index (Phi) is 4.96. The highest BCUT2D eigenvalue weighted by Crippen LogP contribution is 2.29. The van der Waals surface area contributed by atoms with Gasteiger partial charge in [-0.25, -0.2) is 0 Å². The zero-order valence-corrected chi connectivity index (χ0v) is 11.5. The van der Waals surface area contributed by atoms with Crippen molar-refractivity contribution in [3.63, 3.8) is 0 Å². The molecule has 1 rings (SSSR count). The van der Waals surface area contributed by atoms with Crippen LogP contribution in [0.5, 0.6) is 0 Å². The first-order valence-electron chi connectivity index (χ1n) is 5.29. The SMILES string of the molecule is [B][C@@H]1O[C@H](CO)C=C1SCC[Si](C)(C)C. The molecule has 0 bridgehead atoms. The number of aliphatic hydroxyl groups is 1. The molecule has 1 heterocycles. The van der Waals surface area contributed by atoms with Gasteiger partial charge in [-0.3, -0.25) is 0 Å². The molecule has 0 amide bonds. The van der Waals surface area contributed by atoms with E-state index in [4.69, 9.17) is 17.7 Å². The van der Waals surface area contributed by atoms with Crippen molar-refractivity contribution in [2.75, 3.05) is 12.4 Å². The van der Waals surface area contributed by atoms with Gasteiger partial charge in [0, 0.05) is 19.0 Å². The van der Waals surface area contributed by atoms with Crippen molar-refractivity contribution in [3.05, 3.63) is 11.0 Å². The predicted molar refractivity (Wildman–Crippen MR) is 70.2 cm³/mol. The Morgan fingerprint density at radius 2 is 2.20 bits per heavy atom. The Labute approximate surface area is 98.9 Å². The van der Waals surface area contributed by atoms with Crippen LogP contribution in [0.25, 0.3) is 0 Å². The van der Waals surface area contributed by atoms with Crippen molar-refractivity contribution in [1.82, 2.24) is 0 Å². The molecule has 2 nitrogen and oxygen atoms in total. The van der Waals surface area contributed by atoms with Gasteiger partial charge in [0.2, 0.25) is 0 Å². The van der Waals surface area contributed by atoms with Crippen LogP contribution in [-0.4, -0.2) is 45.5 Å². The molecule has 0 fully saturated rings. The second-order valence-electron chi connectivity index (χ2n) is 5.01. The van der Waals surface area contributed by atoms with Gasteiger partial charge in [0.25, 0.3) is 0 Å². The average molecular weight is 242 g/mol. The minimum atomic E-state index is -0.956. The van der Waals surface area contributed by atoms with E-state index in [1.807, 2.05) is 6.08 Å². The van der Waals surface area contributed by atoms with Gasteiger partial charge in [-0.05, 0) is 17.9 Å². The molecule has 0 spiro atoms. The van der Waals surface area contributed by atoms with Crippen LogP contribution in [-0.2, 0) is 4.74 Å². The lowest BCUT2D eigenvalue weighted by Crippen LogP contribution is -2.20. The van der Waals surface area contributed by atoms with Gasteiger partial charge < -0.3 is 9.84 Å².